The maximum Gasteiger partial charge on any atom is 0.341 e. The van der Waals surface area contributed by atoms with E-state index in [1.54, 1.807) is 45.2 Å². The molecular weight excluding hydrogens is 364 g/mol. The van der Waals surface area contributed by atoms with E-state index >= 15 is 0 Å². The number of esters is 2. The van der Waals surface area contributed by atoms with Crippen LogP contribution in [-0.4, -0.2) is 38.1 Å². The topological polar surface area (TPSA) is 108 Å². The summed E-state index contributed by atoms with van der Waals surface area (Å²) in [6.07, 6.45) is 0. The molecule has 8 nitrogen and oxygen atoms in total. The Morgan fingerprint density at radius 1 is 1.11 bits per heavy atom. The standard InChI is InChI=1S/C20H22N2O6/c1-5-26-17(23)14-11(3)28-16(21)15(18(24)27-6-2)20(14)12-9-7-8-10-13(12)22(4)19(20)25/h7-10H,5-6,21H2,1-4H3. The molecule has 1 aromatic rings. The molecule has 28 heavy (non-hydrogen) atoms. The second-order valence-corrected chi connectivity index (χ2v) is 6.34. The van der Waals surface area contributed by atoms with Gasteiger partial charge < -0.3 is 24.8 Å². The molecule has 2 aliphatic heterocycles. The van der Waals surface area contributed by atoms with Gasteiger partial charge in [-0.2, -0.15) is 0 Å². The zero-order valence-corrected chi connectivity index (χ0v) is 16.2. The number of nitrogens with two attached hydrogens (primary N) is 1. The zero-order valence-electron chi connectivity index (χ0n) is 16.2. The number of likely N-dealkylation sites (N-methyl/N-ethyl adjacent to an activating group) is 1. The molecule has 0 aromatic heterocycles. The van der Waals surface area contributed by atoms with Gasteiger partial charge in [0.25, 0.3) is 0 Å². The first kappa shape index (κ1) is 19.5. The Morgan fingerprint density at radius 2 is 1.68 bits per heavy atom. The van der Waals surface area contributed by atoms with Crippen molar-refractivity contribution in [1.82, 2.24) is 0 Å². The first-order valence-corrected chi connectivity index (χ1v) is 8.93. The van der Waals surface area contributed by atoms with Gasteiger partial charge in [0.2, 0.25) is 11.8 Å². The lowest BCUT2D eigenvalue weighted by atomic mass is 9.67. The first-order chi connectivity index (χ1) is 13.3. The van der Waals surface area contributed by atoms with Gasteiger partial charge in [-0.15, -0.1) is 0 Å². The number of carbonyl (C=O) groups excluding carboxylic acids is 3. The summed E-state index contributed by atoms with van der Waals surface area (Å²) in [5, 5.41) is 0. The quantitative estimate of drug-likeness (QED) is 0.781. The molecule has 1 spiro atoms. The van der Waals surface area contributed by atoms with E-state index in [2.05, 4.69) is 0 Å². The molecule has 2 N–H and O–H groups in total. The average molecular weight is 386 g/mol. The van der Waals surface area contributed by atoms with Crippen molar-refractivity contribution in [2.45, 2.75) is 26.2 Å². The average Bonchev–Trinajstić information content (AvgIpc) is 2.85. The number of hydrogen-bond donors (Lipinski definition) is 1. The van der Waals surface area contributed by atoms with Crippen LogP contribution in [0.2, 0.25) is 0 Å². The molecule has 0 saturated carbocycles. The van der Waals surface area contributed by atoms with Crippen molar-refractivity contribution in [2.24, 2.45) is 5.73 Å². The van der Waals surface area contributed by atoms with Gasteiger partial charge in [0.15, 0.2) is 0 Å². The monoisotopic (exact) mass is 386 g/mol. The Labute approximate surface area is 162 Å². The molecule has 0 bridgehead atoms. The largest absolute Gasteiger partial charge is 0.462 e. The second-order valence-electron chi connectivity index (χ2n) is 6.34. The summed E-state index contributed by atoms with van der Waals surface area (Å²) in [5.74, 6) is -2.27. The molecule has 1 unspecified atom stereocenters. The van der Waals surface area contributed by atoms with Crippen LogP contribution in [0.3, 0.4) is 0 Å². The number of rotatable bonds is 4. The smallest absolute Gasteiger partial charge is 0.341 e. The van der Waals surface area contributed by atoms with Gasteiger partial charge in [0.1, 0.15) is 22.3 Å². The number of amides is 1. The Bertz CT molecular complexity index is 890. The third-order valence-electron chi connectivity index (χ3n) is 4.87. The highest BCUT2D eigenvalue weighted by atomic mass is 16.5. The molecule has 2 aliphatic rings. The third kappa shape index (κ3) is 2.48. The van der Waals surface area contributed by atoms with Gasteiger partial charge in [0.05, 0.1) is 13.2 Å². The van der Waals surface area contributed by atoms with E-state index in [0.29, 0.717) is 11.3 Å². The predicted octanol–water partition coefficient (Wildman–Crippen LogP) is 1.50. The van der Waals surface area contributed by atoms with Crippen LogP contribution in [0.5, 0.6) is 0 Å². The summed E-state index contributed by atoms with van der Waals surface area (Å²) in [4.78, 5) is 40.8. The van der Waals surface area contributed by atoms with Crippen LogP contribution in [0.1, 0.15) is 26.3 Å². The molecule has 0 aliphatic carbocycles. The molecule has 0 radical (unpaired) electrons. The molecule has 0 saturated heterocycles. The first-order valence-electron chi connectivity index (χ1n) is 8.93. The number of anilines is 1. The summed E-state index contributed by atoms with van der Waals surface area (Å²) in [6.45, 7) is 4.95. The Hall–Kier alpha value is -3.29. The van der Waals surface area contributed by atoms with Gasteiger partial charge in [0, 0.05) is 18.3 Å². The van der Waals surface area contributed by atoms with Crippen molar-refractivity contribution in [3.8, 4) is 0 Å². The minimum atomic E-state index is -1.80. The Balaban J connectivity index is 2.41. The van der Waals surface area contributed by atoms with Crippen molar-refractivity contribution in [1.29, 1.82) is 0 Å². The van der Waals surface area contributed by atoms with E-state index in [1.807, 2.05) is 0 Å². The van der Waals surface area contributed by atoms with Gasteiger partial charge in [-0.05, 0) is 26.8 Å². The summed E-state index contributed by atoms with van der Waals surface area (Å²) in [5.41, 5.74) is 4.97. The number of para-hydroxylation sites is 1. The van der Waals surface area contributed by atoms with Gasteiger partial charge in [-0.1, -0.05) is 18.2 Å². The minimum absolute atomic E-state index is 0.0643. The van der Waals surface area contributed by atoms with E-state index in [0.717, 1.165) is 0 Å². The summed E-state index contributed by atoms with van der Waals surface area (Å²) >= 11 is 0. The molecule has 1 amide bonds. The molecule has 0 fully saturated rings. The van der Waals surface area contributed by atoms with Crippen LogP contribution < -0.4 is 10.6 Å². The summed E-state index contributed by atoms with van der Waals surface area (Å²) < 4.78 is 15.9. The number of allylic oxidation sites excluding steroid dienone is 1. The van der Waals surface area contributed by atoms with Crippen molar-refractivity contribution in [3.05, 3.63) is 52.6 Å². The lowest BCUT2D eigenvalue weighted by Crippen LogP contribution is -2.50. The second kappa shape index (κ2) is 7.03. The molecule has 3 rings (SSSR count). The number of carbonyl (C=O) groups is 3. The third-order valence-corrected chi connectivity index (χ3v) is 4.87. The van der Waals surface area contributed by atoms with Crippen LogP contribution >= 0.6 is 0 Å². The summed E-state index contributed by atoms with van der Waals surface area (Å²) in [6, 6.07) is 6.90. The lowest BCUT2D eigenvalue weighted by molar-refractivity contribution is -0.143. The number of ether oxygens (including phenoxy) is 3. The molecule has 1 aromatic carbocycles. The Morgan fingerprint density at radius 3 is 2.29 bits per heavy atom. The van der Waals surface area contributed by atoms with Gasteiger partial charge in [-0.25, -0.2) is 9.59 Å². The number of benzene rings is 1. The van der Waals surface area contributed by atoms with Crippen LogP contribution in [-0.2, 0) is 34.0 Å². The fourth-order valence-corrected chi connectivity index (χ4v) is 3.84. The predicted molar refractivity (Wildman–Crippen MR) is 99.8 cm³/mol. The Kier molecular flexibility index (Phi) is 4.89. The van der Waals surface area contributed by atoms with Crippen molar-refractivity contribution in [3.63, 3.8) is 0 Å². The molecule has 2 heterocycles. The van der Waals surface area contributed by atoms with E-state index in [-0.39, 0.29) is 36.0 Å². The number of fused-ring (bicyclic) bond motifs is 2. The summed E-state index contributed by atoms with van der Waals surface area (Å²) in [7, 11) is 1.57. The SMILES string of the molecule is CCOC(=O)C1=C(C)OC(N)=C(C(=O)OCC)C12C(=O)N(C)c1ccccc12. The minimum Gasteiger partial charge on any atom is -0.462 e. The molecular formula is C20H22N2O6. The maximum atomic E-state index is 13.6. The number of hydrogen-bond acceptors (Lipinski definition) is 7. The van der Waals surface area contributed by atoms with Gasteiger partial charge in [-0.3, -0.25) is 4.79 Å². The zero-order chi connectivity index (χ0) is 20.6. The van der Waals surface area contributed by atoms with E-state index < -0.39 is 23.3 Å². The molecule has 1 atom stereocenters. The van der Waals surface area contributed by atoms with E-state index in [1.165, 1.54) is 11.8 Å². The van der Waals surface area contributed by atoms with E-state index in [4.69, 9.17) is 19.9 Å². The van der Waals surface area contributed by atoms with Crippen LogP contribution in [0.25, 0.3) is 0 Å². The highest BCUT2D eigenvalue weighted by Gasteiger charge is 2.63. The molecule has 148 valence electrons. The van der Waals surface area contributed by atoms with Crippen LogP contribution in [0.4, 0.5) is 5.69 Å². The maximum absolute atomic E-state index is 13.6. The lowest BCUT2D eigenvalue weighted by Gasteiger charge is -2.35. The van der Waals surface area contributed by atoms with Crippen molar-refractivity contribution < 1.29 is 28.6 Å². The van der Waals surface area contributed by atoms with Crippen LogP contribution in [0, 0.1) is 0 Å². The van der Waals surface area contributed by atoms with Crippen LogP contribution in [0.15, 0.2) is 47.1 Å². The van der Waals surface area contributed by atoms with E-state index in [9.17, 15) is 14.4 Å². The number of nitrogens with zero attached hydrogens (tertiary/aromatic N) is 1. The van der Waals surface area contributed by atoms with Crippen molar-refractivity contribution >= 4 is 23.5 Å². The van der Waals surface area contributed by atoms with Gasteiger partial charge >= 0.3 is 11.9 Å². The fraction of sp³-hybridized carbons (Fsp3) is 0.350. The highest BCUT2D eigenvalue weighted by molar-refractivity contribution is 6.22. The highest BCUT2D eigenvalue weighted by Crippen LogP contribution is 2.54. The van der Waals surface area contributed by atoms with Crippen molar-refractivity contribution in [2.75, 3.05) is 25.2 Å². The fourth-order valence-electron chi connectivity index (χ4n) is 3.84. The normalized spacial score (nSPS) is 21.0. The molecule has 8 heteroatoms.